The van der Waals surface area contributed by atoms with Crippen LogP contribution in [0.5, 0.6) is 0 Å². The van der Waals surface area contributed by atoms with Crippen molar-refractivity contribution in [3.05, 3.63) is 24.0 Å². The second-order valence-electron chi connectivity index (χ2n) is 4.14. The van der Waals surface area contributed by atoms with Crippen LogP contribution in [0.3, 0.4) is 0 Å². The Hall–Kier alpha value is -0.540. The average Bonchev–Trinajstić information content (AvgIpc) is 2.26. The molecule has 0 radical (unpaired) electrons. The molecule has 1 rings (SSSR count). The number of hydrogen-bond donors (Lipinski definition) is 1. The molecule has 0 saturated carbocycles. The van der Waals surface area contributed by atoms with Crippen molar-refractivity contribution in [3.8, 4) is 0 Å². The van der Waals surface area contributed by atoms with Gasteiger partial charge in [0.05, 0.1) is 5.69 Å². The third kappa shape index (κ3) is 4.22. The van der Waals surface area contributed by atoms with E-state index < -0.39 is 0 Å². The van der Waals surface area contributed by atoms with E-state index in [-0.39, 0.29) is 6.04 Å². The fourth-order valence-electron chi connectivity index (χ4n) is 1.17. The number of pyridine rings is 1. The fraction of sp³-hybridized carbons (Fsp3) is 0.583. The van der Waals surface area contributed by atoms with E-state index in [2.05, 4.69) is 31.8 Å². The van der Waals surface area contributed by atoms with E-state index in [1.54, 1.807) is 0 Å². The van der Waals surface area contributed by atoms with Crippen LogP contribution in [0.4, 0.5) is 0 Å². The van der Waals surface area contributed by atoms with Crippen molar-refractivity contribution < 1.29 is 0 Å². The largest absolute Gasteiger partial charge is 0.323 e. The second kappa shape index (κ2) is 6.13. The van der Waals surface area contributed by atoms with Gasteiger partial charge in [-0.05, 0) is 24.5 Å². The molecule has 0 bridgehead atoms. The molecule has 2 N–H and O–H groups in total. The first-order valence-corrected chi connectivity index (χ1v) is 6.46. The quantitative estimate of drug-likeness (QED) is 0.780. The molecule has 1 aromatic rings. The van der Waals surface area contributed by atoms with Crippen LogP contribution < -0.4 is 5.73 Å². The Morgan fingerprint density at radius 1 is 1.40 bits per heavy atom. The highest BCUT2D eigenvalue weighted by Crippen LogP contribution is 2.21. The third-order valence-electron chi connectivity index (χ3n) is 2.16. The third-order valence-corrected chi connectivity index (χ3v) is 3.57. The Labute approximate surface area is 96.7 Å². The summed E-state index contributed by atoms with van der Waals surface area (Å²) < 4.78 is 0. The summed E-state index contributed by atoms with van der Waals surface area (Å²) in [5.41, 5.74) is 6.89. The summed E-state index contributed by atoms with van der Waals surface area (Å²) in [6.45, 7) is 6.53. The summed E-state index contributed by atoms with van der Waals surface area (Å²) in [6.07, 6.45) is 2.86. The maximum atomic E-state index is 5.90. The monoisotopic (exact) mass is 224 g/mol. The van der Waals surface area contributed by atoms with Crippen molar-refractivity contribution >= 4 is 11.8 Å². The molecule has 84 valence electrons. The Kier molecular flexibility index (Phi) is 5.12. The zero-order valence-electron chi connectivity index (χ0n) is 9.73. The minimum absolute atomic E-state index is 0.0779. The van der Waals surface area contributed by atoms with Gasteiger partial charge < -0.3 is 5.73 Å². The Morgan fingerprint density at radius 3 is 2.60 bits per heavy atom. The average molecular weight is 224 g/mol. The Morgan fingerprint density at radius 2 is 2.13 bits per heavy atom. The van der Waals surface area contributed by atoms with Crippen LogP contribution in [-0.4, -0.2) is 10.7 Å². The first-order chi connectivity index (χ1) is 7.13. The van der Waals surface area contributed by atoms with Crippen molar-refractivity contribution in [1.29, 1.82) is 0 Å². The summed E-state index contributed by atoms with van der Waals surface area (Å²) >= 11 is 1.85. The molecule has 0 fully saturated rings. The Bertz CT molecular complexity index is 282. The van der Waals surface area contributed by atoms with Gasteiger partial charge in [0.15, 0.2) is 0 Å². The van der Waals surface area contributed by atoms with Gasteiger partial charge in [0, 0.05) is 22.9 Å². The molecule has 0 aromatic carbocycles. The van der Waals surface area contributed by atoms with Crippen LogP contribution in [0.25, 0.3) is 0 Å². The molecular formula is C12H20N2S. The highest BCUT2D eigenvalue weighted by atomic mass is 32.2. The van der Waals surface area contributed by atoms with Crippen molar-refractivity contribution in [2.45, 2.75) is 38.1 Å². The van der Waals surface area contributed by atoms with Gasteiger partial charge in [-0.25, -0.2) is 0 Å². The van der Waals surface area contributed by atoms with Crippen LogP contribution in [0, 0.1) is 5.92 Å². The standard InChI is InChI=1S/C12H20N2S/c1-4-11(13)12-6-5-10(7-14-12)15-8-9(2)3/h5-7,9,11H,4,8,13H2,1-3H3/t11-/m1/s1. The lowest BCUT2D eigenvalue weighted by Crippen LogP contribution is -2.10. The van der Waals surface area contributed by atoms with Gasteiger partial charge in [0.25, 0.3) is 0 Å². The SMILES string of the molecule is CC[C@@H](N)c1ccc(SCC(C)C)cn1. The molecular weight excluding hydrogens is 204 g/mol. The zero-order valence-corrected chi connectivity index (χ0v) is 10.6. The fourth-order valence-corrected chi connectivity index (χ4v) is 1.99. The van der Waals surface area contributed by atoms with Gasteiger partial charge in [-0.3, -0.25) is 4.98 Å². The molecule has 2 nitrogen and oxygen atoms in total. The number of hydrogen-bond acceptors (Lipinski definition) is 3. The molecule has 0 aliphatic carbocycles. The number of thioether (sulfide) groups is 1. The molecule has 0 aliphatic heterocycles. The van der Waals surface area contributed by atoms with Gasteiger partial charge in [-0.2, -0.15) is 0 Å². The molecule has 1 heterocycles. The molecule has 15 heavy (non-hydrogen) atoms. The van der Waals surface area contributed by atoms with Crippen molar-refractivity contribution in [2.24, 2.45) is 11.7 Å². The van der Waals surface area contributed by atoms with E-state index in [4.69, 9.17) is 5.73 Å². The van der Waals surface area contributed by atoms with E-state index in [1.807, 2.05) is 24.0 Å². The number of aromatic nitrogens is 1. The van der Waals surface area contributed by atoms with Crippen LogP contribution in [0.15, 0.2) is 23.2 Å². The normalized spacial score (nSPS) is 13.1. The van der Waals surface area contributed by atoms with Gasteiger partial charge >= 0.3 is 0 Å². The number of nitrogens with zero attached hydrogens (tertiary/aromatic N) is 1. The van der Waals surface area contributed by atoms with Crippen molar-refractivity contribution in [1.82, 2.24) is 4.98 Å². The first-order valence-electron chi connectivity index (χ1n) is 5.47. The van der Waals surface area contributed by atoms with E-state index in [0.29, 0.717) is 5.92 Å². The maximum Gasteiger partial charge on any atom is 0.0571 e. The second-order valence-corrected chi connectivity index (χ2v) is 5.23. The minimum atomic E-state index is 0.0779. The summed E-state index contributed by atoms with van der Waals surface area (Å²) in [7, 11) is 0. The molecule has 0 saturated heterocycles. The molecule has 0 unspecified atom stereocenters. The van der Waals surface area contributed by atoms with Crippen molar-refractivity contribution in [2.75, 3.05) is 5.75 Å². The lowest BCUT2D eigenvalue weighted by atomic mass is 10.1. The highest BCUT2D eigenvalue weighted by Gasteiger charge is 2.04. The van der Waals surface area contributed by atoms with E-state index in [9.17, 15) is 0 Å². The summed E-state index contributed by atoms with van der Waals surface area (Å²) in [6, 6.07) is 4.23. The molecule has 0 spiro atoms. The van der Waals surface area contributed by atoms with Crippen molar-refractivity contribution in [3.63, 3.8) is 0 Å². The predicted octanol–water partition coefficient (Wildman–Crippen LogP) is 3.24. The zero-order chi connectivity index (χ0) is 11.3. The molecule has 1 atom stereocenters. The summed E-state index contributed by atoms with van der Waals surface area (Å²) in [5.74, 6) is 1.86. The molecule has 1 aromatic heterocycles. The Balaban J connectivity index is 2.56. The number of rotatable bonds is 5. The smallest absolute Gasteiger partial charge is 0.0571 e. The predicted molar refractivity (Wildman–Crippen MR) is 67.0 cm³/mol. The molecule has 3 heteroatoms. The maximum absolute atomic E-state index is 5.90. The van der Waals surface area contributed by atoms with Crippen LogP contribution in [-0.2, 0) is 0 Å². The van der Waals surface area contributed by atoms with Crippen LogP contribution in [0.1, 0.15) is 38.9 Å². The highest BCUT2D eigenvalue weighted by molar-refractivity contribution is 7.99. The summed E-state index contributed by atoms with van der Waals surface area (Å²) in [4.78, 5) is 5.61. The van der Waals surface area contributed by atoms with E-state index in [0.717, 1.165) is 17.9 Å². The van der Waals surface area contributed by atoms with Gasteiger partial charge in [0.1, 0.15) is 0 Å². The van der Waals surface area contributed by atoms with Gasteiger partial charge in [-0.1, -0.05) is 20.8 Å². The van der Waals surface area contributed by atoms with E-state index >= 15 is 0 Å². The number of nitrogens with two attached hydrogens (primary N) is 1. The van der Waals surface area contributed by atoms with Gasteiger partial charge in [-0.15, -0.1) is 11.8 Å². The minimum Gasteiger partial charge on any atom is -0.323 e. The van der Waals surface area contributed by atoms with Gasteiger partial charge in [0.2, 0.25) is 0 Å². The molecule has 0 aliphatic rings. The first kappa shape index (κ1) is 12.5. The topological polar surface area (TPSA) is 38.9 Å². The van der Waals surface area contributed by atoms with E-state index in [1.165, 1.54) is 4.90 Å². The van der Waals surface area contributed by atoms with Crippen LogP contribution in [0.2, 0.25) is 0 Å². The molecule has 0 amide bonds. The van der Waals surface area contributed by atoms with Crippen LogP contribution >= 0.6 is 11.8 Å². The lowest BCUT2D eigenvalue weighted by molar-refractivity contribution is 0.674. The lowest BCUT2D eigenvalue weighted by Gasteiger charge is -2.09. The summed E-state index contributed by atoms with van der Waals surface area (Å²) in [5, 5.41) is 0.